The molecule has 0 amide bonds. The van der Waals surface area contributed by atoms with Gasteiger partial charge in [-0.05, 0) is 11.6 Å². The van der Waals surface area contributed by atoms with Gasteiger partial charge in [0.25, 0.3) is 0 Å². The van der Waals surface area contributed by atoms with Gasteiger partial charge in [0.05, 0.1) is 14.2 Å². The van der Waals surface area contributed by atoms with E-state index in [4.69, 9.17) is 4.74 Å². The van der Waals surface area contributed by atoms with Crippen molar-refractivity contribution in [2.75, 3.05) is 14.2 Å². The van der Waals surface area contributed by atoms with E-state index in [-0.39, 0.29) is 5.97 Å². The zero-order valence-corrected chi connectivity index (χ0v) is 8.66. The van der Waals surface area contributed by atoms with E-state index >= 15 is 0 Å². The second kappa shape index (κ2) is 4.70. The topological polar surface area (TPSA) is 35.5 Å². The minimum Gasteiger partial charge on any atom is -0.496 e. The molecule has 74 valence electrons. The van der Waals surface area contributed by atoms with Gasteiger partial charge in [0.15, 0.2) is 0 Å². The summed E-state index contributed by atoms with van der Waals surface area (Å²) in [5.74, 6) is 0.249. The molecule has 0 saturated carbocycles. The highest BCUT2D eigenvalue weighted by atomic mass is 16.5. The summed E-state index contributed by atoms with van der Waals surface area (Å²) in [5, 5.41) is 0. The Kier molecular flexibility index (Phi) is 3.57. The van der Waals surface area contributed by atoms with Gasteiger partial charge in [0.1, 0.15) is 19.2 Å². The molecule has 14 heavy (non-hydrogen) atoms. The van der Waals surface area contributed by atoms with Crippen molar-refractivity contribution < 1.29 is 14.3 Å². The molecule has 0 saturated heterocycles. The molecule has 0 N–H and O–H groups in total. The first-order chi connectivity index (χ1) is 6.74. The van der Waals surface area contributed by atoms with Crippen LogP contribution in [-0.2, 0) is 11.1 Å². The van der Waals surface area contributed by atoms with Gasteiger partial charge >= 0.3 is 5.97 Å². The Morgan fingerprint density at radius 2 is 2.14 bits per heavy atom. The fourth-order valence-electron chi connectivity index (χ4n) is 1.37. The Morgan fingerprint density at radius 3 is 2.64 bits per heavy atom. The van der Waals surface area contributed by atoms with Crippen LogP contribution in [0.5, 0.6) is 5.75 Å². The zero-order chi connectivity index (χ0) is 10.6. The van der Waals surface area contributed by atoms with E-state index < -0.39 is 0 Å². The van der Waals surface area contributed by atoms with E-state index in [0.717, 1.165) is 11.9 Å². The highest BCUT2D eigenvalue weighted by Gasteiger charge is 2.14. The van der Waals surface area contributed by atoms with Gasteiger partial charge in [-0.15, -0.1) is 0 Å². The average molecular weight is 192 g/mol. The third kappa shape index (κ3) is 1.89. The zero-order valence-electron chi connectivity index (χ0n) is 8.66. The maximum Gasteiger partial charge on any atom is 0.341 e. The summed E-state index contributed by atoms with van der Waals surface area (Å²) in [4.78, 5) is 11.4. The van der Waals surface area contributed by atoms with Gasteiger partial charge in [-0.25, -0.2) is 4.79 Å². The van der Waals surface area contributed by atoms with Crippen LogP contribution in [-0.4, -0.2) is 28.0 Å². The quantitative estimate of drug-likeness (QED) is 0.520. The number of rotatable bonds is 3. The highest BCUT2D eigenvalue weighted by molar-refractivity contribution is 6.09. The van der Waals surface area contributed by atoms with Gasteiger partial charge in [-0.1, -0.05) is 18.5 Å². The first kappa shape index (κ1) is 10.6. The van der Waals surface area contributed by atoms with E-state index in [1.165, 1.54) is 7.11 Å². The van der Waals surface area contributed by atoms with Gasteiger partial charge in [-0.2, -0.15) is 0 Å². The monoisotopic (exact) mass is 192 g/mol. The molecule has 0 unspecified atom stereocenters. The maximum atomic E-state index is 11.4. The van der Waals surface area contributed by atoms with Crippen molar-refractivity contribution in [3.63, 3.8) is 0 Å². The minimum absolute atomic E-state index is 0.364. The van der Waals surface area contributed by atoms with E-state index in [1.54, 1.807) is 13.2 Å². The number of carbonyl (C=O) groups excluding carboxylic acids is 1. The van der Waals surface area contributed by atoms with Crippen molar-refractivity contribution in [1.82, 2.24) is 0 Å². The molecule has 0 aromatic heterocycles. The van der Waals surface area contributed by atoms with Crippen LogP contribution >= 0.6 is 0 Å². The van der Waals surface area contributed by atoms with Crippen molar-refractivity contribution in [3.8, 4) is 5.75 Å². The molecule has 0 fully saturated rings. The third-order valence-corrected chi connectivity index (χ3v) is 2.09. The number of para-hydroxylation sites is 1. The summed E-state index contributed by atoms with van der Waals surface area (Å²) in [6, 6.07) is 5.46. The molecule has 3 nitrogen and oxygen atoms in total. The fraction of sp³-hybridized carbons (Fsp3) is 0.300. The van der Waals surface area contributed by atoms with Crippen molar-refractivity contribution in [2.24, 2.45) is 0 Å². The molecule has 0 radical (unpaired) electrons. The molecule has 1 aromatic rings. The molecule has 4 heteroatoms. The number of ether oxygens (including phenoxy) is 2. The smallest absolute Gasteiger partial charge is 0.341 e. The van der Waals surface area contributed by atoms with Crippen LogP contribution in [0.4, 0.5) is 0 Å². The molecular weight excluding hydrogens is 179 g/mol. The summed E-state index contributed by atoms with van der Waals surface area (Å²) in [5.41, 5.74) is 1.49. The number of methoxy groups -OCH3 is 2. The lowest BCUT2D eigenvalue weighted by atomic mass is 9.94. The van der Waals surface area contributed by atoms with Crippen molar-refractivity contribution in [3.05, 3.63) is 29.3 Å². The molecule has 0 aliphatic carbocycles. The molecule has 1 aromatic carbocycles. The number of hydrogen-bond donors (Lipinski definition) is 0. The van der Waals surface area contributed by atoms with E-state index in [9.17, 15) is 4.79 Å². The van der Waals surface area contributed by atoms with Crippen molar-refractivity contribution >= 4 is 13.8 Å². The van der Waals surface area contributed by atoms with Crippen LogP contribution in [0.1, 0.15) is 15.9 Å². The van der Waals surface area contributed by atoms with Crippen LogP contribution in [0.2, 0.25) is 0 Å². The second-order valence-electron chi connectivity index (χ2n) is 2.84. The van der Waals surface area contributed by atoms with E-state index in [2.05, 4.69) is 4.74 Å². The maximum absolute atomic E-state index is 11.4. The second-order valence-corrected chi connectivity index (χ2v) is 2.84. The van der Waals surface area contributed by atoms with Crippen LogP contribution < -0.4 is 4.74 Å². The summed E-state index contributed by atoms with van der Waals surface area (Å²) < 4.78 is 9.85. The fourth-order valence-corrected chi connectivity index (χ4v) is 1.37. The Morgan fingerprint density at radius 1 is 1.43 bits per heavy atom. The minimum atomic E-state index is -0.364. The van der Waals surface area contributed by atoms with Crippen molar-refractivity contribution in [1.29, 1.82) is 0 Å². The SMILES string of the molecule is BCc1cccc(C(=O)OC)c1OC. The summed E-state index contributed by atoms with van der Waals surface area (Å²) in [6.45, 7) is 0. The van der Waals surface area contributed by atoms with Gasteiger partial charge < -0.3 is 9.47 Å². The molecule has 1 rings (SSSR count). The van der Waals surface area contributed by atoms with Crippen LogP contribution in [0.3, 0.4) is 0 Å². The largest absolute Gasteiger partial charge is 0.496 e. The summed E-state index contributed by atoms with van der Waals surface area (Å²) in [7, 11) is 4.93. The summed E-state index contributed by atoms with van der Waals surface area (Å²) in [6.07, 6.45) is 0.827. The number of carbonyl (C=O) groups is 1. The van der Waals surface area contributed by atoms with Gasteiger partial charge in [0.2, 0.25) is 0 Å². The van der Waals surface area contributed by atoms with Gasteiger partial charge in [-0.3, -0.25) is 0 Å². The standard InChI is InChI=1S/C10H13BO3/c1-13-9-7(6-11)4-3-5-8(9)10(12)14-2/h3-5H,6,11H2,1-2H3. The number of hydrogen-bond acceptors (Lipinski definition) is 3. The third-order valence-electron chi connectivity index (χ3n) is 2.09. The molecule has 0 aliphatic heterocycles. The Hall–Kier alpha value is -1.45. The first-order valence-electron chi connectivity index (χ1n) is 4.48. The lowest BCUT2D eigenvalue weighted by molar-refractivity contribution is 0.0597. The molecule has 0 bridgehead atoms. The van der Waals surface area contributed by atoms with Crippen LogP contribution in [0.15, 0.2) is 18.2 Å². The van der Waals surface area contributed by atoms with E-state index in [1.807, 2.05) is 20.0 Å². The molecule has 0 aliphatic rings. The van der Waals surface area contributed by atoms with Gasteiger partial charge in [0, 0.05) is 0 Å². The van der Waals surface area contributed by atoms with Crippen LogP contribution in [0.25, 0.3) is 0 Å². The van der Waals surface area contributed by atoms with E-state index in [0.29, 0.717) is 11.3 Å². The Labute approximate surface area is 84.4 Å². The van der Waals surface area contributed by atoms with Crippen LogP contribution in [0, 0.1) is 0 Å². The lowest BCUT2D eigenvalue weighted by Crippen LogP contribution is -2.06. The molecule has 0 spiro atoms. The molecule has 0 heterocycles. The number of esters is 1. The predicted octanol–water partition coefficient (Wildman–Crippen LogP) is 0.615. The lowest BCUT2D eigenvalue weighted by Gasteiger charge is -2.10. The average Bonchev–Trinajstić information content (AvgIpc) is 2.26. The molecule has 0 atom stereocenters. The van der Waals surface area contributed by atoms with Crippen molar-refractivity contribution in [2.45, 2.75) is 6.32 Å². The first-order valence-corrected chi connectivity index (χ1v) is 4.48. The Balaban J connectivity index is 3.21. The molecular formula is C10H13BO3. The predicted molar refractivity (Wildman–Crippen MR) is 56.6 cm³/mol. The Bertz CT molecular complexity index is 336. The number of benzene rings is 1. The summed E-state index contributed by atoms with van der Waals surface area (Å²) >= 11 is 0. The normalized spacial score (nSPS) is 9.57. The highest BCUT2D eigenvalue weighted by Crippen LogP contribution is 2.24.